The first kappa shape index (κ1) is 17.0. The van der Waals surface area contributed by atoms with Gasteiger partial charge in [-0.15, -0.1) is 0 Å². The van der Waals surface area contributed by atoms with Gasteiger partial charge in [0, 0.05) is 18.3 Å². The average Bonchev–Trinajstić information content (AvgIpc) is 3.07. The molecule has 1 saturated heterocycles. The molecule has 1 unspecified atom stereocenters. The van der Waals surface area contributed by atoms with Gasteiger partial charge < -0.3 is 10.6 Å². The number of nitrogens with zero attached hydrogens (tertiary/aromatic N) is 3. The van der Waals surface area contributed by atoms with Crippen LogP contribution in [0.2, 0.25) is 5.02 Å². The highest BCUT2D eigenvalue weighted by atomic mass is 35.5. The lowest BCUT2D eigenvalue weighted by Gasteiger charge is -2.14. The van der Waals surface area contributed by atoms with Gasteiger partial charge >= 0.3 is 6.03 Å². The zero-order chi connectivity index (χ0) is 18.0. The number of urea groups is 1. The van der Waals surface area contributed by atoms with E-state index in [2.05, 4.69) is 15.7 Å². The van der Waals surface area contributed by atoms with Crippen molar-refractivity contribution in [3.8, 4) is 0 Å². The molecule has 1 atom stereocenters. The number of benzene rings is 1. The number of hydrogen-bond acceptors (Lipinski definition) is 4. The maximum Gasteiger partial charge on any atom is 0.325 e. The van der Waals surface area contributed by atoms with Crippen LogP contribution in [0.4, 0.5) is 10.5 Å². The van der Waals surface area contributed by atoms with Crippen LogP contribution in [0.25, 0.3) is 0 Å². The predicted octanol–water partition coefficient (Wildman–Crippen LogP) is 1.52. The van der Waals surface area contributed by atoms with E-state index in [4.69, 9.17) is 11.6 Å². The van der Waals surface area contributed by atoms with Crippen LogP contribution in [0.15, 0.2) is 36.7 Å². The normalized spacial score (nSPS) is 16.9. The summed E-state index contributed by atoms with van der Waals surface area (Å²) in [5.74, 6) is -0.836. The molecule has 8 nitrogen and oxygen atoms in total. The summed E-state index contributed by atoms with van der Waals surface area (Å²) in [6.45, 7) is 0.0606. The van der Waals surface area contributed by atoms with E-state index in [1.807, 2.05) is 0 Å². The highest BCUT2D eigenvalue weighted by Gasteiger charge is 2.39. The lowest BCUT2D eigenvalue weighted by Crippen LogP contribution is -2.34. The molecule has 1 aromatic carbocycles. The van der Waals surface area contributed by atoms with Gasteiger partial charge in [0.05, 0.1) is 24.8 Å². The topological polar surface area (TPSA) is 96.3 Å². The van der Waals surface area contributed by atoms with Gasteiger partial charge in [-0.3, -0.25) is 19.2 Å². The van der Waals surface area contributed by atoms with Gasteiger partial charge in [0.25, 0.3) is 5.91 Å². The molecule has 1 fully saturated rings. The van der Waals surface area contributed by atoms with E-state index in [1.54, 1.807) is 42.2 Å². The SMILES string of the molecule is Cn1cc(NC(=O)CC2NC(=O)N(Cc3ccccc3Cl)C2=O)cn1. The van der Waals surface area contributed by atoms with Crippen molar-refractivity contribution in [1.82, 2.24) is 20.0 Å². The highest BCUT2D eigenvalue weighted by Crippen LogP contribution is 2.20. The Morgan fingerprint density at radius 1 is 1.36 bits per heavy atom. The minimum absolute atomic E-state index is 0.0606. The molecule has 0 spiro atoms. The van der Waals surface area contributed by atoms with E-state index in [0.29, 0.717) is 16.3 Å². The molecule has 3 rings (SSSR count). The standard InChI is InChI=1S/C16H16ClN5O3/c1-21-9-11(7-18-21)19-14(23)6-13-15(24)22(16(25)20-13)8-10-4-2-3-5-12(10)17/h2-5,7,9,13H,6,8H2,1H3,(H,19,23)(H,20,25). The molecular formula is C16H16ClN5O3. The summed E-state index contributed by atoms with van der Waals surface area (Å²) in [7, 11) is 1.73. The van der Waals surface area contributed by atoms with E-state index in [9.17, 15) is 14.4 Å². The number of halogens is 1. The summed E-state index contributed by atoms with van der Waals surface area (Å²) in [5, 5.41) is 9.57. The van der Waals surface area contributed by atoms with Crippen LogP contribution in [0.1, 0.15) is 12.0 Å². The van der Waals surface area contributed by atoms with E-state index in [0.717, 1.165) is 4.90 Å². The fourth-order valence-electron chi connectivity index (χ4n) is 2.55. The molecular weight excluding hydrogens is 346 g/mol. The largest absolute Gasteiger partial charge is 0.325 e. The van der Waals surface area contributed by atoms with Gasteiger partial charge in [-0.05, 0) is 11.6 Å². The van der Waals surface area contributed by atoms with Crippen LogP contribution >= 0.6 is 11.6 Å². The molecule has 1 aliphatic rings. The summed E-state index contributed by atoms with van der Waals surface area (Å²) >= 11 is 6.07. The van der Waals surface area contributed by atoms with E-state index in [1.165, 1.54) is 6.20 Å². The van der Waals surface area contributed by atoms with Crippen LogP contribution in [0.5, 0.6) is 0 Å². The Hall–Kier alpha value is -2.87. The van der Waals surface area contributed by atoms with E-state index >= 15 is 0 Å². The van der Waals surface area contributed by atoms with Gasteiger partial charge in [0.15, 0.2) is 0 Å². The Balaban J connectivity index is 1.62. The first-order valence-corrected chi connectivity index (χ1v) is 7.95. The third-order valence-electron chi connectivity index (χ3n) is 3.77. The number of anilines is 1. The molecule has 1 aromatic heterocycles. The maximum atomic E-state index is 12.4. The van der Waals surface area contributed by atoms with Crippen molar-refractivity contribution in [2.45, 2.75) is 19.0 Å². The van der Waals surface area contributed by atoms with Gasteiger partial charge in [0.1, 0.15) is 6.04 Å². The van der Waals surface area contributed by atoms with Gasteiger partial charge in [-0.25, -0.2) is 4.79 Å². The Morgan fingerprint density at radius 2 is 2.12 bits per heavy atom. The molecule has 0 aliphatic carbocycles. The van der Waals surface area contributed by atoms with Crippen molar-refractivity contribution in [2.75, 3.05) is 5.32 Å². The second kappa shape index (κ2) is 6.94. The molecule has 0 bridgehead atoms. The third-order valence-corrected chi connectivity index (χ3v) is 4.14. The number of carbonyl (C=O) groups is 3. The summed E-state index contributed by atoms with van der Waals surface area (Å²) in [4.78, 5) is 37.6. The monoisotopic (exact) mass is 361 g/mol. The number of aromatic nitrogens is 2. The van der Waals surface area contributed by atoms with Gasteiger partial charge in [0.2, 0.25) is 5.91 Å². The fourth-order valence-corrected chi connectivity index (χ4v) is 2.74. The number of imide groups is 1. The Labute approximate surface area is 148 Å². The van der Waals surface area contributed by atoms with Crippen LogP contribution in [-0.2, 0) is 23.2 Å². The van der Waals surface area contributed by atoms with Crippen molar-refractivity contribution in [2.24, 2.45) is 7.05 Å². The smallest absolute Gasteiger partial charge is 0.325 e. The molecule has 4 amide bonds. The molecule has 0 radical (unpaired) electrons. The molecule has 130 valence electrons. The minimum Gasteiger partial charge on any atom is -0.325 e. The number of nitrogens with one attached hydrogen (secondary N) is 2. The first-order valence-electron chi connectivity index (χ1n) is 7.58. The van der Waals surface area contributed by atoms with E-state index in [-0.39, 0.29) is 18.9 Å². The second-order valence-electron chi connectivity index (χ2n) is 5.67. The van der Waals surface area contributed by atoms with Crippen LogP contribution < -0.4 is 10.6 Å². The molecule has 0 saturated carbocycles. The zero-order valence-corrected chi connectivity index (χ0v) is 14.2. The van der Waals surface area contributed by atoms with Gasteiger partial charge in [-0.2, -0.15) is 5.10 Å². The molecule has 2 N–H and O–H groups in total. The average molecular weight is 362 g/mol. The zero-order valence-electron chi connectivity index (χ0n) is 13.4. The lowest BCUT2D eigenvalue weighted by molar-refractivity contribution is -0.130. The van der Waals surface area contributed by atoms with Crippen LogP contribution in [-0.4, -0.2) is 38.6 Å². The van der Waals surface area contributed by atoms with Crippen LogP contribution in [0, 0.1) is 0 Å². The van der Waals surface area contributed by atoms with Crippen LogP contribution in [0.3, 0.4) is 0 Å². The lowest BCUT2D eigenvalue weighted by atomic mass is 10.1. The maximum absolute atomic E-state index is 12.4. The van der Waals surface area contributed by atoms with Gasteiger partial charge in [-0.1, -0.05) is 29.8 Å². The highest BCUT2D eigenvalue weighted by molar-refractivity contribution is 6.31. The quantitative estimate of drug-likeness (QED) is 0.789. The molecule has 9 heteroatoms. The second-order valence-corrected chi connectivity index (χ2v) is 6.08. The number of hydrogen-bond donors (Lipinski definition) is 2. The predicted molar refractivity (Wildman–Crippen MR) is 90.8 cm³/mol. The molecule has 2 aromatic rings. The minimum atomic E-state index is -0.897. The van der Waals surface area contributed by atoms with Crippen molar-refractivity contribution in [1.29, 1.82) is 0 Å². The summed E-state index contributed by atoms with van der Waals surface area (Å²) < 4.78 is 1.55. The first-order chi connectivity index (χ1) is 11.9. The summed E-state index contributed by atoms with van der Waals surface area (Å²) in [6.07, 6.45) is 2.98. The molecule has 1 aliphatic heterocycles. The summed E-state index contributed by atoms with van der Waals surface area (Å²) in [5.41, 5.74) is 1.19. The fraction of sp³-hybridized carbons (Fsp3) is 0.250. The van der Waals surface area contributed by atoms with E-state index < -0.39 is 18.0 Å². The van der Waals surface area contributed by atoms with Crippen molar-refractivity contribution >= 4 is 35.1 Å². The van der Waals surface area contributed by atoms with Crippen molar-refractivity contribution in [3.63, 3.8) is 0 Å². The third kappa shape index (κ3) is 3.80. The van der Waals surface area contributed by atoms with Crippen molar-refractivity contribution in [3.05, 3.63) is 47.2 Å². The van der Waals surface area contributed by atoms with Crippen molar-refractivity contribution < 1.29 is 14.4 Å². The molecule has 2 heterocycles. The number of carbonyl (C=O) groups excluding carboxylic acids is 3. The number of rotatable bonds is 5. The Morgan fingerprint density at radius 3 is 2.80 bits per heavy atom. The summed E-state index contributed by atoms with van der Waals surface area (Å²) in [6, 6.07) is 5.54. The number of amides is 4. The molecule has 25 heavy (non-hydrogen) atoms. The Kier molecular flexibility index (Phi) is 4.71. The number of aryl methyl sites for hydroxylation is 1. The Bertz CT molecular complexity index is 835.